The summed E-state index contributed by atoms with van der Waals surface area (Å²) in [5, 5.41) is 2.46. The van der Waals surface area contributed by atoms with Crippen LogP contribution in [-0.4, -0.2) is 22.1 Å². The van der Waals surface area contributed by atoms with E-state index in [1.807, 2.05) is 0 Å². The molecule has 2 N–H and O–H groups in total. The van der Waals surface area contributed by atoms with E-state index in [1.54, 1.807) is 18.2 Å². The summed E-state index contributed by atoms with van der Waals surface area (Å²) in [5.41, 5.74) is -0.342. The number of nitrogens with zero attached hydrogens (tertiary/aromatic N) is 2. The van der Waals surface area contributed by atoms with E-state index >= 15 is 0 Å². The molecule has 32 heavy (non-hydrogen) atoms. The zero-order chi connectivity index (χ0) is 24.1. The summed E-state index contributed by atoms with van der Waals surface area (Å²) in [5.74, 6) is 0. The van der Waals surface area contributed by atoms with Gasteiger partial charge in [0.25, 0.3) is 0 Å². The van der Waals surface area contributed by atoms with Gasteiger partial charge in [-0.1, -0.05) is 46.9 Å². The van der Waals surface area contributed by atoms with Crippen LogP contribution in [0.15, 0.2) is 42.7 Å². The van der Waals surface area contributed by atoms with Gasteiger partial charge in [-0.05, 0) is 29.3 Å². The zero-order valence-electron chi connectivity index (χ0n) is 15.5. The van der Waals surface area contributed by atoms with Gasteiger partial charge in [-0.2, -0.15) is 31.4 Å². The predicted octanol–water partition coefficient (Wildman–Crippen LogP) is 7.25. The lowest BCUT2D eigenvalue weighted by Crippen LogP contribution is -2.50. The Kier molecular flexibility index (Phi) is 6.47. The largest absolute Gasteiger partial charge is 0.436 e. The molecule has 0 saturated heterocycles. The van der Waals surface area contributed by atoms with Crippen LogP contribution in [0, 0.1) is 0 Å². The fraction of sp³-hybridized carbons (Fsp3) is 0.211. The van der Waals surface area contributed by atoms with E-state index in [-0.39, 0.29) is 18.3 Å². The highest BCUT2D eigenvalue weighted by molar-refractivity contribution is 6.43. The topological polar surface area (TPSA) is 43.8 Å². The molecule has 0 spiro atoms. The Morgan fingerprint density at radius 3 is 2.03 bits per heavy atom. The third kappa shape index (κ3) is 4.05. The Balaban J connectivity index is 2.09. The van der Waals surface area contributed by atoms with E-state index < -0.39 is 33.6 Å². The van der Waals surface area contributed by atoms with E-state index in [9.17, 15) is 30.7 Å². The molecule has 3 nitrogen and oxygen atoms in total. The van der Waals surface area contributed by atoms with E-state index in [0.717, 1.165) is 10.7 Å². The fourth-order valence-corrected chi connectivity index (χ4v) is 3.70. The van der Waals surface area contributed by atoms with Crippen LogP contribution >= 0.6 is 34.8 Å². The first kappa shape index (κ1) is 24.6. The van der Waals surface area contributed by atoms with Crippen molar-refractivity contribution in [1.29, 1.82) is 0 Å². The van der Waals surface area contributed by atoms with Gasteiger partial charge in [0.15, 0.2) is 0 Å². The van der Waals surface area contributed by atoms with E-state index in [4.69, 9.17) is 40.5 Å². The summed E-state index contributed by atoms with van der Waals surface area (Å²) in [6.07, 6.45) is -9.88. The van der Waals surface area contributed by atoms with Crippen LogP contribution in [0.3, 0.4) is 0 Å². The van der Waals surface area contributed by atoms with Crippen LogP contribution in [-0.2, 0) is 12.2 Å². The van der Waals surface area contributed by atoms with Gasteiger partial charge in [0, 0.05) is 28.9 Å². The van der Waals surface area contributed by atoms with Crippen LogP contribution in [0.5, 0.6) is 0 Å². The summed E-state index contributed by atoms with van der Waals surface area (Å²) in [6.45, 7) is 0.160. The molecular weight excluding hydrogens is 510 g/mol. The molecule has 0 aliphatic heterocycles. The Hall–Kier alpha value is -2.01. The van der Waals surface area contributed by atoms with Crippen LogP contribution in [0.4, 0.5) is 30.7 Å². The first-order valence-electron chi connectivity index (χ1n) is 8.57. The number of hydrogen-bond donors (Lipinski definition) is 1. The molecule has 0 saturated carbocycles. The van der Waals surface area contributed by atoms with Gasteiger partial charge in [0.05, 0.1) is 21.9 Å². The number of halogens is 10. The maximum atomic E-state index is 14.4. The molecule has 0 bridgehead atoms. The molecule has 1 heterocycles. The van der Waals surface area contributed by atoms with Crippen molar-refractivity contribution in [3.8, 4) is 16.8 Å². The lowest BCUT2D eigenvalue weighted by molar-refractivity contribution is -0.348. The van der Waals surface area contributed by atoms with Crippen molar-refractivity contribution in [2.24, 2.45) is 5.73 Å². The third-order valence-electron chi connectivity index (χ3n) is 4.64. The van der Waals surface area contributed by atoms with Crippen LogP contribution in [0.1, 0.15) is 11.1 Å². The van der Waals surface area contributed by atoms with Crippen molar-refractivity contribution >= 4 is 34.8 Å². The Morgan fingerprint density at radius 2 is 1.47 bits per heavy atom. The third-order valence-corrected chi connectivity index (χ3v) is 5.88. The quantitative estimate of drug-likeness (QED) is 0.368. The number of hydrogen-bond acceptors (Lipinski definition) is 2. The van der Waals surface area contributed by atoms with E-state index in [2.05, 4.69) is 5.10 Å². The Labute approximate surface area is 191 Å². The van der Waals surface area contributed by atoms with Crippen LogP contribution in [0.25, 0.3) is 16.8 Å². The van der Waals surface area contributed by atoms with Crippen molar-refractivity contribution in [2.45, 2.75) is 24.6 Å². The number of alkyl halides is 7. The number of aromatic nitrogens is 2. The first-order chi connectivity index (χ1) is 14.7. The van der Waals surface area contributed by atoms with E-state index in [0.29, 0.717) is 21.7 Å². The molecule has 2 aromatic carbocycles. The summed E-state index contributed by atoms with van der Waals surface area (Å²) >= 11 is 17.6. The number of nitrogens with two attached hydrogens (primary N) is 1. The minimum Gasteiger partial charge on any atom is -0.326 e. The van der Waals surface area contributed by atoms with Crippen LogP contribution < -0.4 is 5.73 Å². The molecule has 13 heteroatoms. The molecule has 0 aliphatic rings. The van der Waals surface area contributed by atoms with Crippen molar-refractivity contribution in [3.05, 3.63) is 68.9 Å². The summed E-state index contributed by atoms with van der Waals surface area (Å²) in [4.78, 5) is 0. The molecule has 0 aliphatic carbocycles. The minimum absolute atomic E-state index is 0.160. The van der Waals surface area contributed by atoms with E-state index in [1.165, 1.54) is 12.4 Å². The Morgan fingerprint density at radius 1 is 0.844 bits per heavy atom. The smallest absolute Gasteiger partial charge is 0.326 e. The predicted molar refractivity (Wildman–Crippen MR) is 107 cm³/mol. The van der Waals surface area contributed by atoms with Crippen LogP contribution in [0.2, 0.25) is 15.1 Å². The van der Waals surface area contributed by atoms with Crippen molar-refractivity contribution in [3.63, 3.8) is 0 Å². The molecular formula is C19H11Cl3F7N3. The second kappa shape index (κ2) is 8.40. The normalized spacial score (nSPS) is 13.0. The number of benzene rings is 2. The lowest BCUT2D eigenvalue weighted by Gasteiger charge is -2.31. The standard InChI is InChI=1S/C19H11Cl3F7N3/c20-13-3-1-9(5-10(13)6-30)11-7-31-32(8-11)14-4-2-12(15(21)16(14)22)17(23,18(24,25)26)19(27,28)29/h1-5,7-8H,6,30H2. The van der Waals surface area contributed by atoms with Crippen molar-refractivity contribution in [2.75, 3.05) is 0 Å². The minimum atomic E-state index is -6.33. The van der Waals surface area contributed by atoms with Gasteiger partial charge in [0.2, 0.25) is 0 Å². The van der Waals surface area contributed by atoms with Gasteiger partial charge in [-0.3, -0.25) is 0 Å². The summed E-state index contributed by atoms with van der Waals surface area (Å²) in [6, 6.07) is 5.99. The van der Waals surface area contributed by atoms with Gasteiger partial charge in [0.1, 0.15) is 0 Å². The fourth-order valence-electron chi connectivity index (χ4n) is 2.96. The average Bonchev–Trinajstić information content (AvgIpc) is 3.18. The average molecular weight is 521 g/mol. The second-order valence-corrected chi connectivity index (χ2v) is 7.76. The van der Waals surface area contributed by atoms with Gasteiger partial charge >= 0.3 is 18.0 Å². The van der Waals surface area contributed by atoms with Gasteiger partial charge < -0.3 is 5.73 Å². The van der Waals surface area contributed by atoms with Crippen molar-refractivity contribution < 1.29 is 30.7 Å². The molecule has 3 rings (SSSR count). The molecule has 3 aromatic rings. The molecule has 1 aromatic heterocycles. The molecule has 0 fully saturated rings. The molecule has 172 valence electrons. The molecule has 0 radical (unpaired) electrons. The molecule has 0 amide bonds. The Bertz CT molecular complexity index is 1140. The highest BCUT2D eigenvalue weighted by Crippen LogP contribution is 2.55. The second-order valence-electron chi connectivity index (χ2n) is 6.60. The maximum Gasteiger partial charge on any atom is 0.436 e. The molecule has 0 unspecified atom stereocenters. The maximum absolute atomic E-state index is 14.4. The lowest BCUT2D eigenvalue weighted by atomic mass is 9.93. The monoisotopic (exact) mass is 519 g/mol. The zero-order valence-corrected chi connectivity index (χ0v) is 17.8. The SMILES string of the molecule is NCc1cc(-c2cnn(-c3ccc(C(F)(C(F)(F)F)C(F)(F)F)c(Cl)c3Cl)c2)ccc1Cl. The number of rotatable bonds is 4. The summed E-state index contributed by atoms with van der Waals surface area (Å²) < 4.78 is 93.9. The van der Waals surface area contributed by atoms with Gasteiger partial charge in [-0.15, -0.1) is 0 Å². The first-order valence-corrected chi connectivity index (χ1v) is 9.70. The highest BCUT2D eigenvalue weighted by atomic mass is 35.5. The molecule has 0 atom stereocenters. The summed E-state index contributed by atoms with van der Waals surface area (Å²) in [7, 11) is 0. The van der Waals surface area contributed by atoms with Gasteiger partial charge in [-0.25, -0.2) is 9.07 Å². The highest BCUT2D eigenvalue weighted by Gasteiger charge is 2.74. The van der Waals surface area contributed by atoms with Crippen molar-refractivity contribution in [1.82, 2.24) is 9.78 Å².